The fourth-order valence-electron chi connectivity index (χ4n) is 3.51. The molecule has 0 unspecified atom stereocenters. The molecule has 1 saturated carbocycles. The number of amides is 1. The molecule has 3 aromatic heterocycles. The van der Waals surface area contributed by atoms with Crippen molar-refractivity contribution in [2.45, 2.75) is 44.8 Å². The summed E-state index contributed by atoms with van der Waals surface area (Å²) in [5.41, 5.74) is 2.10. The Morgan fingerprint density at radius 3 is 2.85 bits per heavy atom. The molecule has 140 valence electrons. The Labute approximate surface area is 155 Å². The zero-order valence-electron chi connectivity index (χ0n) is 14.9. The van der Waals surface area contributed by atoms with E-state index in [1.807, 2.05) is 0 Å². The number of aliphatic hydroxyl groups excluding tert-OH is 1. The molecule has 1 aliphatic rings. The van der Waals surface area contributed by atoms with Crippen molar-refractivity contribution in [2.75, 3.05) is 0 Å². The van der Waals surface area contributed by atoms with E-state index in [4.69, 9.17) is 0 Å². The van der Waals surface area contributed by atoms with Crippen LogP contribution in [0.15, 0.2) is 30.7 Å². The smallest absolute Gasteiger partial charge is 0.257 e. The van der Waals surface area contributed by atoms with E-state index in [1.54, 1.807) is 25.4 Å². The Balaban J connectivity index is 1.76. The molecular weight excluding hydrogens is 349 g/mol. The lowest BCUT2D eigenvalue weighted by Gasteiger charge is -2.26. The first-order valence-electron chi connectivity index (χ1n) is 8.97. The summed E-state index contributed by atoms with van der Waals surface area (Å²) in [7, 11) is 0. The molecule has 0 radical (unpaired) electrons. The highest BCUT2D eigenvalue weighted by Crippen LogP contribution is 2.28. The Morgan fingerprint density at radius 1 is 1.30 bits per heavy atom. The molecule has 1 aliphatic carbocycles. The van der Waals surface area contributed by atoms with E-state index in [1.165, 1.54) is 10.6 Å². The van der Waals surface area contributed by atoms with E-state index in [2.05, 4.69) is 20.4 Å². The standard InChI is InChI=1S/C19H20FN5O2/c1-11-15(9-12(20)10-22-11)17-16(18-21-7-2-8-25(18)24-17)19(27)23-13-3-5-14(26)6-4-13/h2,7-10,13-14,26H,3-6H2,1H3,(H,23,27)/t13-,14-. The van der Waals surface area contributed by atoms with Gasteiger partial charge in [0.15, 0.2) is 5.65 Å². The highest BCUT2D eigenvalue weighted by molar-refractivity contribution is 6.05. The summed E-state index contributed by atoms with van der Waals surface area (Å²) >= 11 is 0. The SMILES string of the molecule is Cc1ncc(F)cc1-c1nn2cccnc2c1C(=O)N[C@H]1CC[C@H](O)CC1. The number of aryl methyl sites for hydroxylation is 1. The van der Waals surface area contributed by atoms with Gasteiger partial charge in [-0.3, -0.25) is 9.78 Å². The van der Waals surface area contributed by atoms with Crippen LogP contribution in [0.5, 0.6) is 0 Å². The van der Waals surface area contributed by atoms with Crippen molar-refractivity contribution in [1.29, 1.82) is 0 Å². The predicted molar refractivity (Wildman–Crippen MR) is 96.6 cm³/mol. The molecule has 0 bridgehead atoms. The van der Waals surface area contributed by atoms with Gasteiger partial charge in [-0.05, 0) is 44.7 Å². The number of nitrogens with one attached hydrogen (secondary N) is 1. The lowest BCUT2D eigenvalue weighted by molar-refractivity contribution is 0.0869. The summed E-state index contributed by atoms with van der Waals surface area (Å²) in [6.45, 7) is 1.75. The van der Waals surface area contributed by atoms with Crippen LogP contribution < -0.4 is 5.32 Å². The number of rotatable bonds is 3. The van der Waals surface area contributed by atoms with E-state index < -0.39 is 5.82 Å². The highest BCUT2D eigenvalue weighted by atomic mass is 19.1. The van der Waals surface area contributed by atoms with Crippen molar-refractivity contribution >= 4 is 11.6 Å². The maximum Gasteiger partial charge on any atom is 0.257 e. The number of aromatic nitrogens is 4. The number of carbonyl (C=O) groups excluding carboxylic acids is 1. The highest BCUT2D eigenvalue weighted by Gasteiger charge is 2.27. The fourth-order valence-corrected chi connectivity index (χ4v) is 3.51. The van der Waals surface area contributed by atoms with Crippen LogP contribution in [0.25, 0.3) is 16.9 Å². The summed E-state index contributed by atoms with van der Waals surface area (Å²) in [6, 6.07) is 3.03. The van der Waals surface area contributed by atoms with E-state index in [-0.39, 0.29) is 18.1 Å². The van der Waals surface area contributed by atoms with Crippen LogP contribution in [0.3, 0.4) is 0 Å². The van der Waals surface area contributed by atoms with Crippen LogP contribution in [0, 0.1) is 12.7 Å². The minimum Gasteiger partial charge on any atom is -0.393 e. The fraction of sp³-hybridized carbons (Fsp3) is 0.368. The molecule has 0 atom stereocenters. The lowest BCUT2D eigenvalue weighted by atomic mass is 9.93. The predicted octanol–water partition coefficient (Wildman–Crippen LogP) is 2.27. The second-order valence-electron chi connectivity index (χ2n) is 6.88. The summed E-state index contributed by atoms with van der Waals surface area (Å²) < 4.78 is 15.3. The molecule has 3 heterocycles. The van der Waals surface area contributed by atoms with Crippen molar-refractivity contribution in [1.82, 2.24) is 24.9 Å². The van der Waals surface area contributed by atoms with Gasteiger partial charge in [-0.1, -0.05) is 0 Å². The Morgan fingerprint density at radius 2 is 2.07 bits per heavy atom. The topological polar surface area (TPSA) is 92.4 Å². The molecule has 0 saturated heterocycles. The molecule has 4 rings (SSSR count). The molecule has 27 heavy (non-hydrogen) atoms. The maximum absolute atomic E-state index is 13.8. The summed E-state index contributed by atoms with van der Waals surface area (Å²) in [6.07, 6.45) is 6.89. The maximum atomic E-state index is 13.8. The van der Waals surface area contributed by atoms with Gasteiger partial charge in [-0.25, -0.2) is 13.9 Å². The average molecular weight is 369 g/mol. The number of pyridine rings is 1. The molecule has 0 aliphatic heterocycles. The van der Waals surface area contributed by atoms with Gasteiger partial charge in [0.1, 0.15) is 17.1 Å². The summed E-state index contributed by atoms with van der Waals surface area (Å²) in [5.74, 6) is -0.794. The quantitative estimate of drug-likeness (QED) is 0.739. The van der Waals surface area contributed by atoms with Crippen LogP contribution in [0.1, 0.15) is 41.7 Å². The number of fused-ring (bicyclic) bond motifs is 1. The molecule has 2 N–H and O–H groups in total. The minimum absolute atomic E-state index is 0.0147. The van der Waals surface area contributed by atoms with E-state index in [0.29, 0.717) is 41.0 Å². The van der Waals surface area contributed by atoms with Crippen LogP contribution in [0.4, 0.5) is 4.39 Å². The van der Waals surface area contributed by atoms with Gasteiger partial charge in [0.05, 0.1) is 12.3 Å². The van der Waals surface area contributed by atoms with Gasteiger partial charge in [-0.2, -0.15) is 5.10 Å². The second-order valence-corrected chi connectivity index (χ2v) is 6.88. The second kappa shape index (κ2) is 7.03. The van der Waals surface area contributed by atoms with Gasteiger partial charge < -0.3 is 10.4 Å². The molecular formula is C19H20FN5O2. The van der Waals surface area contributed by atoms with Gasteiger partial charge in [0.2, 0.25) is 0 Å². The molecule has 1 fully saturated rings. The molecule has 1 amide bonds. The number of hydrogen-bond acceptors (Lipinski definition) is 5. The van der Waals surface area contributed by atoms with Gasteiger partial charge in [-0.15, -0.1) is 0 Å². The van der Waals surface area contributed by atoms with E-state index >= 15 is 0 Å². The largest absolute Gasteiger partial charge is 0.393 e. The minimum atomic E-state index is -0.492. The summed E-state index contributed by atoms with van der Waals surface area (Å²) in [5, 5.41) is 17.1. The third-order valence-electron chi connectivity index (χ3n) is 4.96. The van der Waals surface area contributed by atoms with Gasteiger partial charge >= 0.3 is 0 Å². The lowest BCUT2D eigenvalue weighted by Crippen LogP contribution is -2.38. The Hall–Kier alpha value is -2.87. The van der Waals surface area contributed by atoms with Crippen LogP contribution >= 0.6 is 0 Å². The Kier molecular flexibility index (Phi) is 4.57. The van der Waals surface area contributed by atoms with Crippen molar-refractivity contribution in [2.24, 2.45) is 0 Å². The van der Waals surface area contributed by atoms with E-state index in [9.17, 15) is 14.3 Å². The van der Waals surface area contributed by atoms with Crippen molar-refractivity contribution < 1.29 is 14.3 Å². The molecule has 0 aromatic carbocycles. The monoisotopic (exact) mass is 369 g/mol. The Bertz CT molecular complexity index is 995. The summed E-state index contributed by atoms with van der Waals surface area (Å²) in [4.78, 5) is 21.4. The average Bonchev–Trinajstić information content (AvgIpc) is 3.05. The van der Waals surface area contributed by atoms with Crippen molar-refractivity contribution in [3.8, 4) is 11.3 Å². The molecule has 7 nitrogen and oxygen atoms in total. The van der Waals surface area contributed by atoms with Crippen LogP contribution in [-0.4, -0.2) is 42.7 Å². The van der Waals surface area contributed by atoms with Crippen LogP contribution in [-0.2, 0) is 0 Å². The first kappa shape index (κ1) is 17.5. The van der Waals surface area contributed by atoms with Crippen LogP contribution in [0.2, 0.25) is 0 Å². The van der Waals surface area contributed by atoms with Crippen molar-refractivity contribution in [3.05, 3.63) is 47.8 Å². The first-order valence-corrected chi connectivity index (χ1v) is 8.97. The zero-order chi connectivity index (χ0) is 19.0. The molecule has 8 heteroatoms. The van der Waals surface area contributed by atoms with Crippen molar-refractivity contribution in [3.63, 3.8) is 0 Å². The number of nitrogens with zero attached hydrogens (tertiary/aromatic N) is 4. The molecule has 0 spiro atoms. The molecule has 3 aromatic rings. The third-order valence-corrected chi connectivity index (χ3v) is 4.96. The number of hydrogen-bond donors (Lipinski definition) is 2. The van der Waals surface area contributed by atoms with E-state index in [0.717, 1.165) is 19.0 Å². The first-order chi connectivity index (χ1) is 13.0. The number of halogens is 1. The third kappa shape index (κ3) is 3.40. The zero-order valence-corrected chi connectivity index (χ0v) is 14.9. The van der Waals surface area contributed by atoms with Gasteiger partial charge in [0, 0.05) is 29.7 Å². The normalized spacial score (nSPS) is 20.0. The van der Waals surface area contributed by atoms with Gasteiger partial charge in [0.25, 0.3) is 5.91 Å². The number of aliphatic hydroxyl groups is 1. The number of carbonyl (C=O) groups is 1.